The van der Waals surface area contributed by atoms with Gasteiger partial charge >= 0.3 is 0 Å². The van der Waals surface area contributed by atoms with Gasteiger partial charge in [0.1, 0.15) is 6.61 Å². The van der Waals surface area contributed by atoms with E-state index in [4.69, 9.17) is 9.84 Å². The summed E-state index contributed by atoms with van der Waals surface area (Å²) in [7, 11) is 0. The highest BCUT2D eigenvalue weighted by Gasteiger charge is 2.00. The Labute approximate surface area is 88.1 Å². The molecule has 0 aliphatic carbocycles. The summed E-state index contributed by atoms with van der Waals surface area (Å²) < 4.78 is 4.86. The Morgan fingerprint density at radius 3 is 3.13 bits per heavy atom. The Balaban J connectivity index is 2.17. The van der Waals surface area contributed by atoms with Crippen molar-refractivity contribution in [2.45, 2.75) is 6.54 Å². The number of hydrogen-bond donors (Lipinski definition) is 2. The molecule has 0 radical (unpaired) electrons. The van der Waals surface area contributed by atoms with Crippen LogP contribution in [-0.4, -0.2) is 35.8 Å². The van der Waals surface area contributed by atoms with Crippen LogP contribution in [-0.2, 0) is 16.1 Å². The largest absolute Gasteiger partial charge is 0.394 e. The molecule has 0 aliphatic heterocycles. The van der Waals surface area contributed by atoms with Crippen molar-refractivity contribution in [3.8, 4) is 0 Å². The summed E-state index contributed by atoms with van der Waals surface area (Å²) in [4.78, 5) is 15.1. The van der Waals surface area contributed by atoms with Crippen LogP contribution < -0.4 is 5.32 Å². The van der Waals surface area contributed by atoms with E-state index in [-0.39, 0.29) is 25.7 Å². The van der Waals surface area contributed by atoms with Crippen LogP contribution >= 0.6 is 0 Å². The van der Waals surface area contributed by atoms with E-state index in [9.17, 15) is 4.79 Å². The smallest absolute Gasteiger partial charge is 0.246 e. The number of aromatic nitrogens is 1. The normalized spacial score (nSPS) is 9.93. The van der Waals surface area contributed by atoms with E-state index in [1.54, 1.807) is 12.4 Å². The maximum atomic E-state index is 11.2. The molecule has 0 atom stereocenters. The number of aliphatic hydroxyl groups excluding tert-OH is 1. The van der Waals surface area contributed by atoms with Crippen LogP contribution in [0.1, 0.15) is 5.56 Å². The summed E-state index contributed by atoms with van der Waals surface area (Å²) in [6.45, 7) is 0.520. The number of ether oxygens (including phenoxy) is 1. The van der Waals surface area contributed by atoms with E-state index in [0.717, 1.165) is 5.56 Å². The second kappa shape index (κ2) is 6.92. The highest BCUT2D eigenvalue weighted by molar-refractivity contribution is 5.77. The van der Waals surface area contributed by atoms with Crippen LogP contribution in [0.15, 0.2) is 24.5 Å². The van der Waals surface area contributed by atoms with Gasteiger partial charge in [-0.15, -0.1) is 0 Å². The van der Waals surface area contributed by atoms with Gasteiger partial charge in [0.25, 0.3) is 0 Å². The van der Waals surface area contributed by atoms with E-state index in [0.29, 0.717) is 6.54 Å². The van der Waals surface area contributed by atoms with Gasteiger partial charge in [-0.2, -0.15) is 0 Å². The second-order valence-electron chi connectivity index (χ2n) is 2.91. The molecule has 5 heteroatoms. The zero-order chi connectivity index (χ0) is 10.9. The molecule has 15 heavy (non-hydrogen) atoms. The van der Waals surface area contributed by atoms with Crippen LogP contribution in [0.25, 0.3) is 0 Å². The van der Waals surface area contributed by atoms with E-state index in [1.807, 2.05) is 12.1 Å². The lowest BCUT2D eigenvalue weighted by atomic mass is 10.3. The van der Waals surface area contributed by atoms with E-state index < -0.39 is 0 Å². The molecule has 5 nitrogen and oxygen atoms in total. The number of nitrogens with one attached hydrogen (secondary N) is 1. The minimum Gasteiger partial charge on any atom is -0.394 e. The first-order chi connectivity index (χ1) is 7.33. The summed E-state index contributed by atoms with van der Waals surface area (Å²) >= 11 is 0. The summed E-state index contributed by atoms with van der Waals surface area (Å²) in [5, 5.41) is 11.1. The van der Waals surface area contributed by atoms with Gasteiger partial charge in [-0.1, -0.05) is 6.07 Å². The van der Waals surface area contributed by atoms with Gasteiger partial charge in [0.2, 0.25) is 5.91 Å². The van der Waals surface area contributed by atoms with Gasteiger partial charge in [-0.25, -0.2) is 0 Å². The lowest BCUT2D eigenvalue weighted by Crippen LogP contribution is -2.27. The molecule has 0 unspecified atom stereocenters. The van der Waals surface area contributed by atoms with Crippen molar-refractivity contribution in [1.82, 2.24) is 10.3 Å². The first-order valence-electron chi connectivity index (χ1n) is 4.67. The first-order valence-corrected chi connectivity index (χ1v) is 4.67. The summed E-state index contributed by atoms with van der Waals surface area (Å²) in [5.41, 5.74) is 0.938. The van der Waals surface area contributed by atoms with Crippen molar-refractivity contribution < 1.29 is 14.6 Å². The van der Waals surface area contributed by atoms with Gasteiger partial charge in [-0.3, -0.25) is 9.78 Å². The number of amides is 1. The summed E-state index contributed by atoms with van der Waals surface area (Å²) in [6.07, 6.45) is 3.37. The number of carbonyl (C=O) groups is 1. The molecular weight excluding hydrogens is 196 g/mol. The number of hydrogen-bond acceptors (Lipinski definition) is 4. The topological polar surface area (TPSA) is 71.5 Å². The molecule has 1 amide bonds. The predicted octanol–water partition coefficient (Wildman–Crippen LogP) is -0.293. The quantitative estimate of drug-likeness (QED) is 0.633. The van der Waals surface area contributed by atoms with Crippen molar-refractivity contribution >= 4 is 5.91 Å². The first kappa shape index (κ1) is 11.6. The highest BCUT2D eigenvalue weighted by atomic mass is 16.5. The SMILES string of the molecule is O=C(COCCO)NCc1cccnc1. The third-order valence-electron chi connectivity index (χ3n) is 1.68. The maximum Gasteiger partial charge on any atom is 0.246 e. The molecule has 1 rings (SSSR count). The zero-order valence-corrected chi connectivity index (χ0v) is 8.35. The Morgan fingerprint density at radius 2 is 2.47 bits per heavy atom. The maximum absolute atomic E-state index is 11.2. The molecule has 0 fully saturated rings. The highest BCUT2D eigenvalue weighted by Crippen LogP contribution is 1.93. The zero-order valence-electron chi connectivity index (χ0n) is 8.35. The van der Waals surface area contributed by atoms with Crippen molar-refractivity contribution in [1.29, 1.82) is 0 Å². The lowest BCUT2D eigenvalue weighted by Gasteiger charge is -2.04. The molecule has 0 aliphatic rings. The van der Waals surface area contributed by atoms with E-state index in [2.05, 4.69) is 10.3 Å². The number of nitrogens with zero attached hydrogens (tertiary/aromatic N) is 1. The fourth-order valence-electron chi connectivity index (χ4n) is 0.984. The number of carbonyl (C=O) groups excluding carboxylic acids is 1. The molecule has 1 aromatic rings. The van der Waals surface area contributed by atoms with Gasteiger partial charge in [-0.05, 0) is 11.6 Å². The van der Waals surface area contributed by atoms with Gasteiger partial charge in [0.05, 0.1) is 13.2 Å². The van der Waals surface area contributed by atoms with Crippen LogP contribution in [0.2, 0.25) is 0 Å². The molecule has 1 aromatic heterocycles. The standard InChI is InChI=1S/C10H14N2O3/c13-4-5-15-8-10(14)12-7-9-2-1-3-11-6-9/h1-3,6,13H,4-5,7-8H2,(H,12,14). The Morgan fingerprint density at radius 1 is 1.60 bits per heavy atom. The fraction of sp³-hybridized carbons (Fsp3) is 0.400. The van der Waals surface area contributed by atoms with Crippen molar-refractivity contribution in [2.75, 3.05) is 19.8 Å². The summed E-state index contributed by atoms with van der Waals surface area (Å²) in [6, 6.07) is 3.69. The van der Waals surface area contributed by atoms with Crippen molar-refractivity contribution in [3.63, 3.8) is 0 Å². The van der Waals surface area contributed by atoms with Crippen LogP contribution in [0, 0.1) is 0 Å². The number of pyridine rings is 1. The lowest BCUT2D eigenvalue weighted by molar-refractivity contribution is -0.126. The average Bonchev–Trinajstić information content (AvgIpc) is 2.28. The minimum atomic E-state index is -0.202. The Hall–Kier alpha value is -1.46. The molecule has 0 aromatic carbocycles. The number of rotatable bonds is 6. The Bertz CT molecular complexity index is 290. The van der Waals surface area contributed by atoms with Gasteiger partial charge in [0, 0.05) is 18.9 Å². The molecule has 1 heterocycles. The van der Waals surface area contributed by atoms with Crippen LogP contribution in [0.3, 0.4) is 0 Å². The molecule has 2 N–H and O–H groups in total. The van der Waals surface area contributed by atoms with Gasteiger partial charge < -0.3 is 15.2 Å². The molecule has 82 valence electrons. The van der Waals surface area contributed by atoms with Crippen molar-refractivity contribution in [3.05, 3.63) is 30.1 Å². The fourth-order valence-corrected chi connectivity index (χ4v) is 0.984. The molecular formula is C10H14N2O3. The van der Waals surface area contributed by atoms with Crippen molar-refractivity contribution in [2.24, 2.45) is 0 Å². The van der Waals surface area contributed by atoms with Crippen LogP contribution in [0.5, 0.6) is 0 Å². The Kier molecular flexibility index (Phi) is 5.35. The third-order valence-corrected chi connectivity index (χ3v) is 1.68. The second-order valence-corrected chi connectivity index (χ2v) is 2.91. The van der Waals surface area contributed by atoms with E-state index in [1.165, 1.54) is 0 Å². The minimum absolute atomic E-state index is 0.0270. The monoisotopic (exact) mass is 210 g/mol. The van der Waals surface area contributed by atoms with Gasteiger partial charge in [0.15, 0.2) is 0 Å². The van der Waals surface area contributed by atoms with E-state index >= 15 is 0 Å². The third kappa shape index (κ3) is 5.09. The molecule has 0 bridgehead atoms. The average molecular weight is 210 g/mol. The predicted molar refractivity (Wildman–Crippen MR) is 54.0 cm³/mol. The molecule has 0 saturated heterocycles. The summed E-state index contributed by atoms with van der Waals surface area (Å²) in [5.74, 6) is -0.202. The number of aliphatic hydroxyl groups is 1. The molecule has 0 saturated carbocycles. The molecule has 0 spiro atoms. The van der Waals surface area contributed by atoms with Crippen LogP contribution in [0.4, 0.5) is 0 Å².